The number of hydrogen-bond acceptors (Lipinski definition) is 5. The number of para-hydroxylation sites is 1. The standard InChI is InChI=1S/C19H12BrN3OS2/c20-13-5-1-2-6-14(13)22-19-23-18(24)17(26-19)11-12-8-9-16(25-12)15-7-3-4-10-21-15/h1-11H,(H,22,23,24)/b17-11+. The van der Waals surface area contributed by atoms with Crippen LogP contribution in [0.2, 0.25) is 0 Å². The average Bonchev–Trinajstić information content (AvgIpc) is 3.25. The molecular weight excluding hydrogens is 430 g/mol. The quantitative estimate of drug-likeness (QED) is 0.533. The van der Waals surface area contributed by atoms with E-state index >= 15 is 0 Å². The van der Waals surface area contributed by atoms with E-state index in [2.05, 4.69) is 31.2 Å². The molecule has 26 heavy (non-hydrogen) atoms. The fraction of sp³-hybridized carbons (Fsp3) is 0. The Bertz CT molecular complexity index is 1030. The number of amides is 1. The van der Waals surface area contributed by atoms with Crippen LogP contribution in [-0.4, -0.2) is 16.1 Å². The first-order valence-corrected chi connectivity index (χ1v) is 10.2. The SMILES string of the molecule is O=C1N=C(Nc2ccccc2Br)S/C1=C/c1ccc(-c2ccccn2)s1. The number of thioether (sulfide) groups is 1. The molecule has 1 amide bonds. The van der Waals surface area contributed by atoms with Crippen LogP contribution in [0.3, 0.4) is 0 Å². The molecule has 1 aromatic carbocycles. The second-order valence-electron chi connectivity index (χ2n) is 5.35. The van der Waals surface area contributed by atoms with E-state index in [0.717, 1.165) is 25.6 Å². The highest BCUT2D eigenvalue weighted by Crippen LogP contribution is 2.34. The molecule has 3 aromatic rings. The van der Waals surface area contributed by atoms with E-state index in [9.17, 15) is 4.79 Å². The maximum Gasteiger partial charge on any atom is 0.286 e. The Morgan fingerprint density at radius 3 is 2.69 bits per heavy atom. The average molecular weight is 442 g/mol. The number of aromatic nitrogens is 1. The van der Waals surface area contributed by atoms with E-state index in [1.165, 1.54) is 11.8 Å². The molecule has 2 aromatic heterocycles. The normalized spacial score (nSPS) is 15.3. The van der Waals surface area contributed by atoms with Crippen molar-refractivity contribution in [1.82, 2.24) is 4.98 Å². The number of amidine groups is 1. The molecule has 0 saturated heterocycles. The third kappa shape index (κ3) is 3.80. The van der Waals surface area contributed by atoms with Crippen LogP contribution in [-0.2, 0) is 4.79 Å². The summed E-state index contributed by atoms with van der Waals surface area (Å²) in [4.78, 5) is 23.3. The molecule has 1 aliphatic rings. The van der Waals surface area contributed by atoms with Gasteiger partial charge in [0.15, 0.2) is 5.17 Å². The number of rotatable bonds is 3. The van der Waals surface area contributed by atoms with E-state index in [1.54, 1.807) is 17.5 Å². The molecule has 7 heteroatoms. The van der Waals surface area contributed by atoms with Crippen LogP contribution in [0.4, 0.5) is 5.69 Å². The first kappa shape index (κ1) is 17.2. The van der Waals surface area contributed by atoms with Crippen LogP contribution >= 0.6 is 39.0 Å². The molecule has 1 N–H and O–H groups in total. The zero-order valence-electron chi connectivity index (χ0n) is 13.3. The summed E-state index contributed by atoms with van der Waals surface area (Å²) in [6, 6.07) is 17.6. The van der Waals surface area contributed by atoms with E-state index in [1.807, 2.05) is 60.7 Å². The first-order chi connectivity index (χ1) is 12.7. The van der Waals surface area contributed by atoms with Gasteiger partial charge in [-0.2, -0.15) is 4.99 Å². The number of pyridine rings is 1. The number of halogens is 1. The molecule has 4 nitrogen and oxygen atoms in total. The molecule has 0 atom stereocenters. The van der Waals surface area contributed by atoms with Crippen molar-refractivity contribution >= 4 is 61.9 Å². The maximum atomic E-state index is 12.2. The number of carbonyl (C=O) groups excluding carboxylic acids is 1. The second kappa shape index (κ2) is 7.57. The zero-order valence-corrected chi connectivity index (χ0v) is 16.6. The van der Waals surface area contributed by atoms with Gasteiger partial charge in [0.1, 0.15) is 0 Å². The highest BCUT2D eigenvalue weighted by Gasteiger charge is 2.22. The van der Waals surface area contributed by atoms with Crippen molar-refractivity contribution in [2.24, 2.45) is 4.99 Å². The van der Waals surface area contributed by atoms with Gasteiger partial charge in [0.2, 0.25) is 0 Å². The van der Waals surface area contributed by atoms with Crippen LogP contribution in [0, 0.1) is 0 Å². The van der Waals surface area contributed by atoms with Crippen LogP contribution in [0.5, 0.6) is 0 Å². The Morgan fingerprint density at radius 1 is 1.04 bits per heavy atom. The van der Waals surface area contributed by atoms with Gasteiger partial charge in [0.25, 0.3) is 5.91 Å². The van der Waals surface area contributed by atoms with Gasteiger partial charge in [0.05, 0.1) is 21.2 Å². The Balaban J connectivity index is 1.50. The minimum atomic E-state index is -0.225. The summed E-state index contributed by atoms with van der Waals surface area (Å²) in [6.45, 7) is 0. The molecule has 0 aliphatic carbocycles. The van der Waals surface area contributed by atoms with Crippen molar-refractivity contribution < 1.29 is 4.79 Å². The lowest BCUT2D eigenvalue weighted by Crippen LogP contribution is -2.05. The highest BCUT2D eigenvalue weighted by atomic mass is 79.9. The first-order valence-electron chi connectivity index (χ1n) is 7.74. The molecule has 128 valence electrons. The fourth-order valence-corrected chi connectivity index (χ4v) is 4.55. The molecule has 0 unspecified atom stereocenters. The maximum absolute atomic E-state index is 12.2. The lowest BCUT2D eigenvalue weighted by atomic mass is 10.3. The number of benzene rings is 1. The predicted molar refractivity (Wildman–Crippen MR) is 113 cm³/mol. The lowest BCUT2D eigenvalue weighted by Gasteiger charge is -2.06. The summed E-state index contributed by atoms with van der Waals surface area (Å²) < 4.78 is 0.923. The molecule has 1 aliphatic heterocycles. The number of thiophene rings is 1. The predicted octanol–water partition coefficient (Wildman–Crippen LogP) is 5.66. The van der Waals surface area contributed by atoms with Crippen LogP contribution in [0.15, 0.2) is 75.2 Å². The van der Waals surface area contributed by atoms with E-state index in [0.29, 0.717) is 10.1 Å². The summed E-state index contributed by atoms with van der Waals surface area (Å²) in [5, 5.41) is 3.76. The monoisotopic (exact) mass is 441 g/mol. The number of aliphatic imine (C=N–C) groups is 1. The molecule has 0 spiro atoms. The molecule has 3 heterocycles. The Labute approximate surface area is 167 Å². The zero-order chi connectivity index (χ0) is 17.9. The van der Waals surface area contributed by atoms with E-state index < -0.39 is 0 Å². The van der Waals surface area contributed by atoms with Crippen molar-refractivity contribution in [3.05, 3.63) is 75.0 Å². The van der Waals surface area contributed by atoms with Gasteiger partial charge < -0.3 is 5.32 Å². The van der Waals surface area contributed by atoms with Gasteiger partial charge in [-0.3, -0.25) is 9.78 Å². The topological polar surface area (TPSA) is 54.4 Å². The fourth-order valence-electron chi connectivity index (χ4n) is 2.35. The molecule has 0 radical (unpaired) electrons. The van der Waals surface area contributed by atoms with Crippen molar-refractivity contribution in [2.75, 3.05) is 5.32 Å². The third-order valence-electron chi connectivity index (χ3n) is 3.55. The van der Waals surface area contributed by atoms with Gasteiger partial charge in [-0.1, -0.05) is 18.2 Å². The van der Waals surface area contributed by atoms with Gasteiger partial charge in [-0.15, -0.1) is 11.3 Å². The van der Waals surface area contributed by atoms with Crippen molar-refractivity contribution in [1.29, 1.82) is 0 Å². The minimum absolute atomic E-state index is 0.225. The molecule has 0 bridgehead atoms. The van der Waals surface area contributed by atoms with Crippen molar-refractivity contribution in [3.8, 4) is 10.6 Å². The molecule has 4 rings (SSSR count). The summed E-state index contributed by atoms with van der Waals surface area (Å²) in [5.41, 5.74) is 1.81. The summed E-state index contributed by atoms with van der Waals surface area (Å²) in [6.07, 6.45) is 3.65. The third-order valence-corrected chi connectivity index (χ3v) is 6.20. The number of hydrogen-bond donors (Lipinski definition) is 1. The second-order valence-corrected chi connectivity index (χ2v) is 8.35. The largest absolute Gasteiger partial charge is 0.333 e. The van der Waals surface area contributed by atoms with Crippen molar-refractivity contribution in [2.45, 2.75) is 0 Å². The smallest absolute Gasteiger partial charge is 0.286 e. The number of anilines is 1. The number of nitrogens with one attached hydrogen (secondary N) is 1. The lowest BCUT2D eigenvalue weighted by molar-refractivity contribution is -0.113. The van der Waals surface area contributed by atoms with Crippen LogP contribution < -0.4 is 5.32 Å². The van der Waals surface area contributed by atoms with Gasteiger partial charge in [-0.25, -0.2) is 0 Å². The molecule has 0 saturated carbocycles. The number of carbonyl (C=O) groups is 1. The van der Waals surface area contributed by atoms with E-state index in [-0.39, 0.29) is 5.91 Å². The van der Waals surface area contributed by atoms with Crippen LogP contribution in [0.25, 0.3) is 16.6 Å². The Morgan fingerprint density at radius 2 is 1.88 bits per heavy atom. The number of nitrogens with zero attached hydrogens (tertiary/aromatic N) is 2. The minimum Gasteiger partial charge on any atom is -0.333 e. The van der Waals surface area contributed by atoms with Crippen molar-refractivity contribution in [3.63, 3.8) is 0 Å². The molecule has 0 fully saturated rings. The summed E-state index contributed by atoms with van der Waals surface area (Å²) >= 11 is 6.42. The van der Waals surface area contributed by atoms with Gasteiger partial charge >= 0.3 is 0 Å². The Hall–Kier alpha value is -2.22. The van der Waals surface area contributed by atoms with E-state index in [4.69, 9.17) is 0 Å². The van der Waals surface area contributed by atoms with Gasteiger partial charge in [0, 0.05) is 15.5 Å². The summed E-state index contributed by atoms with van der Waals surface area (Å²) in [7, 11) is 0. The summed E-state index contributed by atoms with van der Waals surface area (Å²) in [5.74, 6) is -0.225. The molecular formula is C19H12BrN3OS2. The Kier molecular flexibility index (Phi) is 5.01. The van der Waals surface area contributed by atoms with Crippen LogP contribution in [0.1, 0.15) is 4.88 Å². The van der Waals surface area contributed by atoms with Gasteiger partial charge in [-0.05, 0) is 70.2 Å². The highest BCUT2D eigenvalue weighted by molar-refractivity contribution is 9.10.